The number of aromatic nitrogens is 1. The average Bonchev–Trinajstić information content (AvgIpc) is 2.27. The van der Waals surface area contributed by atoms with Gasteiger partial charge in [0.1, 0.15) is 23.5 Å². The number of anilines is 1. The van der Waals surface area contributed by atoms with Gasteiger partial charge in [-0.05, 0) is 24.3 Å². The first-order valence-electron chi connectivity index (χ1n) is 4.73. The molecule has 1 aromatic heterocycles. The van der Waals surface area contributed by atoms with Crippen molar-refractivity contribution in [3.63, 3.8) is 0 Å². The Bertz CT molecular complexity index is 597. The normalized spacial score (nSPS) is 9.94. The second-order valence-electron chi connectivity index (χ2n) is 3.40. The Labute approximate surface area is 96.1 Å². The third-order valence-electron chi connectivity index (χ3n) is 2.20. The number of benzene rings is 1. The molecule has 0 fully saturated rings. The summed E-state index contributed by atoms with van der Waals surface area (Å²) in [6.07, 6.45) is 0. The lowest BCUT2D eigenvalue weighted by molar-refractivity contribution is 0.584. The van der Waals surface area contributed by atoms with E-state index in [-0.39, 0.29) is 16.9 Å². The maximum absolute atomic E-state index is 13.0. The number of rotatable bonds is 1. The minimum atomic E-state index is -0.690. The van der Waals surface area contributed by atoms with Gasteiger partial charge in [-0.3, -0.25) is 0 Å². The van der Waals surface area contributed by atoms with E-state index in [2.05, 4.69) is 4.98 Å². The van der Waals surface area contributed by atoms with Crippen LogP contribution >= 0.6 is 0 Å². The van der Waals surface area contributed by atoms with Crippen molar-refractivity contribution in [3.8, 4) is 17.3 Å². The number of halogens is 2. The summed E-state index contributed by atoms with van der Waals surface area (Å²) in [6.45, 7) is 0. The number of nitrogens with zero attached hydrogens (tertiary/aromatic N) is 2. The van der Waals surface area contributed by atoms with Crippen LogP contribution in [0.3, 0.4) is 0 Å². The van der Waals surface area contributed by atoms with Crippen molar-refractivity contribution in [1.82, 2.24) is 4.98 Å². The van der Waals surface area contributed by atoms with Crippen LogP contribution in [0.4, 0.5) is 14.6 Å². The molecule has 2 aromatic rings. The predicted molar refractivity (Wildman–Crippen MR) is 58.7 cm³/mol. The number of nitrogen functional groups attached to an aromatic ring is 1. The van der Waals surface area contributed by atoms with Gasteiger partial charge in [0.15, 0.2) is 0 Å². The van der Waals surface area contributed by atoms with E-state index >= 15 is 0 Å². The molecule has 1 heterocycles. The van der Waals surface area contributed by atoms with Crippen molar-refractivity contribution in [2.75, 3.05) is 5.73 Å². The topological polar surface area (TPSA) is 62.7 Å². The van der Waals surface area contributed by atoms with Crippen molar-refractivity contribution in [2.24, 2.45) is 0 Å². The van der Waals surface area contributed by atoms with Gasteiger partial charge in [0.2, 0.25) is 0 Å². The second-order valence-corrected chi connectivity index (χ2v) is 3.40. The third-order valence-corrected chi connectivity index (χ3v) is 2.20. The van der Waals surface area contributed by atoms with Crippen LogP contribution in [0, 0.1) is 23.0 Å². The van der Waals surface area contributed by atoms with Gasteiger partial charge >= 0.3 is 0 Å². The molecule has 0 aliphatic rings. The summed E-state index contributed by atoms with van der Waals surface area (Å²) in [4.78, 5) is 3.92. The van der Waals surface area contributed by atoms with E-state index in [9.17, 15) is 8.78 Å². The molecule has 3 nitrogen and oxygen atoms in total. The SMILES string of the molecule is N#Cc1ccc(-c2cc(F)cc(F)c2)nc1N. The van der Waals surface area contributed by atoms with E-state index in [1.54, 1.807) is 0 Å². The average molecular weight is 231 g/mol. The summed E-state index contributed by atoms with van der Waals surface area (Å²) in [6, 6.07) is 7.88. The van der Waals surface area contributed by atoms with Gasteiger partial charge in [0, 0.05) is 11.6 Å². The van der Waals surface area contributed by atoms with Gasteiger partial charge < -0.3 is 5.73 Å². The minimum Gasteiger partial charge on any atom is -0.383 e. The maximum Gasteiger partial charge on any atom is 0.142 e. The van der Waals surface area contributed by atoms with E-state index in [4.69, 9.17) is 11.0 Å². The molecule has 0 spiro atoms. The number of hydrogen-bond donors (Lipinski definition) is 1. The van der Waals surface area contributed by atoms with E-state index in [1.165, 1.54) is 12.1 Å². The molecular formula is C12H7F2N3. The number of nitriles is 1. The van der Waals surface area contributed by atoms with Crippen molar-refractivity contribution < 1.29 is 8.78 Å². The molecule has 0 unspecified atom stereocenters. The first-order chi connectivity index (χ1) is 8.10. The molecule has 0 radical (unpaired) electrons. The quantitative estimate of drug-likeness (QED) is 0.820. The standard InChI is InChI=1S/C12H7F2N3/c13-9-3-8(4-10(14)5-9)11-2-1-7(6-15)12(16)17-11/h1-5H,(H2,16,17). The van der Waals surface area contributed by atoms with Gasteiger partial charge in [-0.25, -0.2) is 13.8 Å². The highest BCUT2D eigenvalue weighted by Crippen LogP contribution is 2.21. The Morgan fingerprint density at radius 1 is 1.12 bits per heavy atom. The summed E-state index contributed by atoms with van der Waals surface area (Å²) in [7, 11) is 0. The molecule has 0 amide bonds. The van der Waals surface area contributed by atoms with Crippen molar-refractivity contribution >= 4 is 5.82 Å². The molecule has 2 N–H and O–H groups in total. The lowest BCUT2D eigenvalue weighted by Crippen LogP contribution is -1.96. The van der Waals surface area contributed by atoms with Crippen LogP contribution in [0.5, 0.6) is 0 Å². The van der Waals surface area contributed by atoms with Crippen LogP contribution in [0.15, 0.2) is 30.3 Å². The fraction of sp³-hybridized carbons (Fsp3) is 0. The fourth-order valence-corrected chi connectivity index (χ4v) is 1.43. The zero-order valence-corrected chi connectivity index (χ0v) is 8.61. The van der Waals surface area contributed by atoms with E-state index in [1.807, 2.05) is 6.07 Å². The molecule has 2 rings (SSSR count). The van der Waals surface area contributed by atoms with E-state index < -0.39 is 11.6 Å². The van der Waals surface area contributed by atoms with Crippen LogP contribution in [0.25, 0.3) is 11.3 Å². The first-order valence-corrected chi connectivity index (χ1v) is 4.73. The predicted octanol–water partition coefficient (Wildman–Crippen LogP) is 2.48. The Kier molecular flexibility index (Phi) is 2.71. The van der Waals surface area contributed by atoms with E-state index in [0.29, 0.717) is 5.69 Å². The van der Waals surface area contributed by atoms with E-state index in [0.717, 1.165) is 18.2 Å². The van der Waals surface area contributed by atoms with Crippen molar-refractivity contribution in [1.29, 1.82) is 5.26 Å². The Hall–Kier alpha value is -2.48. The van der Waals surface area contributed by atoms with Crippen molar-refractivity contribution in [3.05, 3.63) is 47.5 Å². The lowest BCUT2D eigenvalue weighted by Gasteiger charge is -2.03. The molecule has 17 heavy (non-hydrogen) atoms. The van der Waals surface area contributed by atoms with Crippen LogP contribution in [-0.4, -0.2) is 4.98 Å². The minimum absolute atomic E-state index is 0.0367. The van der Waals surface area contributed by atoms with Gasteiger partial charge in [-0.15, -0.1) is 0 Å². The Morgan fingerprint density at radius 2 is 1.76 bits per heavy atom. The molecule has 0 atom stereocenters. The van der Waals surface area contributed by atoms with Gasteiger partial charge in [0.25, 0.3) is 0 Å². The third kappa shape index (κ3) is 2.21. The zero-order chi connectivity index (χ0) is 12.4. The summed E-state index contributed by atoms with van der Waals surface area (Å²) in [5.74, 6) is -1.34. The monoisotopic (exact) mass is 231 g/mol. The molecule has 5 heteroatoms. The first kappa shape index (κ1) is 11.0. The fourth-order valence-electron chi connectivity index (χ4n) is 1.43. The molecule has 0 saturated carbocycles. The summed E-state index contributed by atoms with van der Waals surface area (Å²) < 4.78 is 26.0. The van der Waals surface area contributed by atoms with Crippen LogP contribution in [0.2, 0.25) is 0 Å². The summed E-state index contributed by atoms with van der Waals surface area (Å²) in [5, 5.41) is 8.68. The second kappa shape index (κ2) is 4.18. The van der Waals surface area contributed by atoms with Gasteiger partial charge in [-0.2, -0.15) is 5.26 Å². The smallest absolute Gasteiger partial charge is 0.142 e. The highest BCUT2D eigenvalue weighted by molar-refractivity contribution is 5.63. The molecule has 0 aliphatic carbocycles. The highest BCUT2D eigenvalue weighted by Gasteiger charge is 2.07. The maximum atomic E-state index is 13.0. The molecule has 0 bridgehead atoms. The van der Waals surface area contributed by atoms with Crippen LogP contribution in [-0.2, 0) is 0 Å². The molecule has 0 saturated heterocycles. The Balaban J connectivity index is 2.54. The molecule has 0 aliphatic heterocycles. The van der Waals surface area contributed by atoms with Crippen LogP contribution < -0.4 is 5.73 Å². The van der Waals surface area contributed by atoms with Gasteiger partial charge in [-0.1, -0.05) is 0 Å². The highest BCUT2D eigenvalue weighted by atomic mass is 19.1. The largest absolute Gasteiger partial charge is 0.383 e. The van der Waals surface area contributed by atoms with Crippen molar-refractivity contribution in [2.45, 2.75) is 0 Å². The number of hydrogen-bond acceptors (Lipinski definition) is 3. The lowest BCUT2D eigenvalue weighted by atomic mass is 10.1. The van der Waals surface area contributed by atoms with Crippen LogP contribution in [0.1, 0.15) is 5.56 Å². The number of nitrogens with two attached hydrogens (primary N) is 1. The number of pyridine rings is 1. The zero-order valence-electron chi connectivity index (χ0n) is 8.61. The summed E-state index contributed by atoms with van der Waals surface area (Å²) in [5.41, 5.74) is 6.35. The Morgan fingerprint density at radius 3 is 2.29 bits per heavy atom. The molecular weight excluding hydrogens is 224 g/mol. The molecule has 84 valence electrons. The molecule has 1 aromatic carbocycles. The van der Waals surface area contributed by atoms with Gasteiger partial charge in [0.05, 0.1) is 11.3 Å². The summed E-state index contributed by atoms with van der Waals surface area (Å²) >= 11 is 0.